The quantitative estimate of drug-likeness (QED) is 0.473. The highest BCUT2D eigenvalue weighted by molar-refractivity contribution is 7.10. The largest absolute Gasteiger partial charge is 0.423 e. The standard InChI is InChI=1S/C16H16O2S/c1-11-6-7-12(2)16(13(11)3)18-15(17)9-8-14-5-4-10-19-14/h4-10H,1-3H3. The number of benzene rings is 1. The van der Waals surface area contributed by atoms with Gasteiger partial charge in [0.05, 0.1) is 0 Å². The minimum absolute atomic E-state index is 0.342. The SMILES string of the molecule is Cc1ccc(C)c(OC(=O)C=Cc2cccs2)c1C. The van der Waals surface area contributed by atoms with Crippen molar-refractivity contribution in [3.05, 3.63) is 57.3 Å². The molecule has 0 N–H and O–H groups in total. The van der Waals surface area contributed by atoms with E-state index in [4.69, 9.17) is 4.74 Å². The molecule has 0 aliphatic heterocycles. The average molecular weight is 272 g/mol. The second kappa shape index (κ2) is 5.85. The molecule has 3 heteroatoms. The fourth-order valence-corrected chi connectivity index (χ4v) is 2.37. The second-order valence-electron chi connectivity index (χ2n) is 4.42. The number of thiophene rings is 1. The smallest absolute Gasteiger partial charge is 0.336 e. The summed E-state index contributed by atoms with van der Waals surface area (Å²) in [5.74, 6) is 0.325. The predicted octanol–water partition coefficient (Wildman–Crippen LogP) is 4.29. The highest BCUT2D eigenvalue weighted by Crippen LogP contribution is 2.26. The minimum atomic E-state index is -0.342. The third kappa shape index (κ3) is 3.32. The van der Waals surface area contributed by atoms with Crippen molar-refractivity contribution in [2.45, 2.75) is 20.8 Å². The summed E-state index contributed by atoms with van der Waals surface area (Å²) in [5.41, 5.74) is 3.11. The molecule has 0 radical (unpaired) electrons. The molecule has 0 bridgehead atoms. The number of ether oxygens (including phenoxy) is 1. The Kier molecular flexibility index (Phi) is 4.17. The zero-order valence-corrected chi connectivity index (χ0v) is 12.1. The van der Waals surface area contributed by atoms with E-state index in [-0.39, 0.29) is 5.97 Å². The molecule has 1 aromatic carbocycles. The number of carbonyl (C=O) groups is 1. The Morgan fingerprint density at radius 3 is 2.58 bits per heavy atom. The number of hydrogen-bond acceptors (Lipinski definition) is 3. The highest BCUT2D eigenvalue weighted by Gasteiger charge is 2.09. The van der Waals surface area contributed by atoms with Crippen molar-refractivity contribution in [3.8, 4) is 5.75 Å². The molecule has 0 unspecified atom stereocenters. The van der Waals surface area contributed by atoms with Crippen molar-refractivity contribution in [3.63, 3.8) is 0 Å². The Hall–Kier alpha value is -1.87. The van der Waals surface area contributed by atoms with E-state index in [1.165, 1.54) is 6.08 Å². The lowest BCUT2D eigenvalue weighted by atomic mass is 10.1. The van der Waals surface area contributed by atoms with Crippen LogP contribution >= 0.6 is 11.3 Å². The molecule has 2 nitrogen and oxygen atoms in total. The van der Waals surface area contributed by atoms with Crippen molar-refractivity contribution in [1.29, 1.82) is 0 Å². The lowest BCUT2D eigenvalue weighted by Crippen LogP contribution is -2.06. The van der Waals surface area contributed by atoms with Gasteiger partial charge in [-0.15, -0.1) is 11.3 Å². The van der Waals surface area contributed by atoms with Crippen molar-refractivity contribution in [1.82, 2.24) is 0 Å². The maximum Gasteiger partial charge on any atom is 0.336 e. The molecule has 0 spiro atoms. The molecule has 0 fully saturated rings. The van der Waals surface area contributed by atoms with Gasteiger partial charge in [-0.3, -0.25) is 0 Å². The van der Waals surface area contributed by atoms with E-state index in [0.29, 0.717) is 5.75 Å². The van der Waals surface area contributed by atoms with E-state index < -0.39 is 0 Å². The number of hydrogen-bond donors (Lipinski definition) is 0. The fourth-order valence-electron chi connectivity index (χ4n) is 1.75. The number of rotatable bonds is 3. The molecule has 98 valence electrons. The van der Waals surface area contributed by atoms with Gasteiger partial charge in [-0.05, 0) is 55.0 Å². The van der Waals surface area contributed by atoms with Gasteiger partial charge in [-0.25, -0.2) is 4.79 Å². The van der Waals surface area contributed by atoms with Crippen molar-refractivity contribution < 1.29 is 9.53 Å². The third-order valence-electron chi connectivity index (χ3n) is 3.00. The normalized spacial score (nSPS) is 10.9. The molecule has 19 heavy (non-hydrogen) atoms. The Morgan fingerprint density at radius 1 is 1.16 bits per heavy atom. The summed E-state index contributed by atoms with van der Waals surface area (Å²) in [4.78, 5) is 12.9. The lowest BCUT2D eigenvalue weighted by Gasteiger charge is -2.11. The first-order valence-electron chi connectivity index (χ1n) is 6.08. The average Bonchev–Trinajstić information content (AvgIpc) is 2.90. The summed E-state index contributed by atoms with van der Waals surface area (Å²) in [6.45, 7) is 5.92. The first kappa shape index (κ1) is 13.6. The summed E-state index contributed by atoms with van der Waals surface area (Å²) >= 11 is 1.59. The fraction of sp³-hybridized carbons (Fsp3) is 0.188. The third-order valence-corrected chi connectivity index (χ3v) is 3.84. The molecule has 1 aromatic heterocycles. The zero-order valence-electron chi connectivity index (χ0n) is 11.3. The Bertz CT molecular complexity index is 610. The molecule has 2 rings (SSSR count). The van der Waals surface area contributed by atoms with Crippen LogP contribution in [0.4, 0.5) is 0 Å². The van der Waals surface area contributed by atoms with Crippen LogP contribution < -0.4 is 4.74 Å². The molecule has 0 aliphatic rings. The first-order valence-corrected chi connectivity index (χ1v) is 6.96. The van der Waals surface area contributed by atoms with Crippen LogP contribution in [0.1, 0.15) is 21.6 Å². The van der Waals surface area contributed by atoms with Gasteiger partial charge >= 0.3 is 5.97 Å². The van der Waals surface area contributed by atoms with Gasteiger partial charge in [0.2, 0.25) is 0 Å². The van der Waals surface area contributed by atoms with Crippen LogP contribution in [0.25, 0.3) is 6.08 Å². The first-order chi connectivity index (χ1) is 9.08. The minimum Gasteiger partial charge on any atom is -0.423 e. The van der Waals surface area contributed by atoms with E-state index in [1.807, 2.05) is 50.4 Å². The van der Waals surface area contributed by atoms with E-state index in [9.17, 15) is 4.79 Å². The topological polar surface area (TPSA) is 26.3 Å². The van der Waals surface area contributed by atoms with Gasteiger partial charge in [0.15, 0.2) is 0 Å². The number of esters is 1. The molecule has 0 atom stereocenters. The maximum absolute atomic E-state index is 11.8. The van der Waals surface area contributed by atoms with Crippen LogP contribution in [0.2, 0.25) is 0 Å². The monoisotopic (exact) mass is 272 g/mol. The van der Waals surface area contributed by atoms with Crippen LogP contribution in [-0.4, -0.2) is 5.97 Å². The second-order valence-corrected chi connectivity index (χ2v) is 5.40. The van der Waals surface area contributed by atoms with Crippen molar-refractivity contribution in [2.24, 2.45) is 0 Å². The molecular formula is C16H16O2S. The molecule has 2 aromatic rings. The molecular weight excluding hydrogens is 256 g/mol. The molecule has 0 aliphatic carbocycles. The van der Waals surface area contributed by atoms with Crippen LogP contribution in [0.5, 0.6) is 5.75 Å². The van der Waals surface area contributed by atoms with Gasteiger partial charge < -0.3 is 4.74 Å². The summed E-state index contributed by atoms with van der Waals surface area (Å²) in [6, 6.07) is 7.90. The Morgan fingerprint density at radius 2 is 1.89 bits per heavy atom. The summed E-state index contributed by atoms with van der Waals surface area (Å²) in [5, 5.41) is 1.97. The van der Waals surface area contributed by atoms with Crippen LogP contribution in [0.15, 0.2) is 35.7 Å². The summed E-state index contributed by atoms with van der Waals surface area (Å²) in [6.07, 6.45) is 3.24. The molecule has 0 amide bonds. The van der Waals surface area contributed by atoms with Crippen LogP contribution in [0, 0.1) is 20.8 Å². The number of aryl methyl sites for hydroxylation is 2. The lowest BCUT2D eigenvalue weighted by molar-refractivity contribution is -0.129. The summed E-state index contributed by atoms with van der Waals surface area (Å²) < 4.78 is 5.43. The molecule has 0 saturated carbocycles. The van der Waals surface area contributed by atoms with Gasteiger partial charge in [0.1, 0.15) is 5.75 Å². The molecule has 1 heterocycles. The van der Waals surface area contributed by atoms with Gasteiger partial charge in [0.25, 0.3) is 0 Å². The maximum atomic E-state index is 11.8. The Balaban J connectivity index is 2.13. The van der Waals surface area contributed by atoms with Gasteiger partial charge in [-0.1, -0.05) is 18.2 Å². The van der Waals surface area contributed by atoms with E-state index in [1.54, 1.807) is 17.4 Å². The van der Waals surface area contributed by atoms with E-state index in [2.05, 4.69) is 0 Å². The van der Waals surface area contributed by atoms with Crippen LogP contribution in [-0.2, 0) is 4.79 Å². The highest BCUT2D eigenvalue weighted by atomic mass is 32.1. The van der Waals surface area contributed by atoms with Crippen molar-refractivity contribution >= 4 is 23.4 Å². The number of carbonyl (C=O) groups excluding carboxylic acids is 1. The molecule has 0 saturated heterocycles. The van der Waals surface area contributed by atoms with Gasteiger partial charge in [-0.2, -0.15) is 0 Å². The van der Waals surface area contributed by atoms with Crippen LogP contribution in [0.3, 0.4) is 0 Å². The van der Waals surface area contributed by atoms with Gasteiger partial charge in [0, 0.05) is 11.0 Å². The summed E-state index contributed by atoms with van der Waals surface area (Å²) in [7, 11) is 0. The predicted molar refractivity (Wildman–Crippen MR) is 79.6 cm³/mol. The van der Waals surface area contributed by atoms with E-state index >= 15 is 0 Å². The van der Waals surface area contributed by atoms with E-state index in [0.717, 1.165) is 21.6 Å². The van der Waals surface area contributed by atoms with Crippen molar-refractivity contribution in [2.75, 3.05) is 0 Å². The Labute approximate surface area is 117 Å². The zero-order chi connectivity index (χ0) is 13.8.